The van der Waals surface area contributed by atoms with Gasteiger partial charge < -0.3 is 4.90 Å². The van der Waals surface area contributed by atoms with Crippen molar-refractivity contribution in [3.63, 3.8) is 0 Å². The molecular formula is C16H19BrN2. The molecule has 0 amide bonds. The average Bonchev–Trinajstić information content (AvgIpc) is 2.43. The molecule has 0 N–H and O–H groups in total. The second-order valence-corrected chi connectivity index (χ2v) is 5.50. The standard InChI is InChI=1S/C16H19BrN2/c1-3-11-19(12-14-7-5-4-6-8-14)16-10-9-15(17)13(2)18-16/h4-10H,3,11-12H2,1-2H3. The molecule has 2 nitrogen and oxygen atoms in total. The summed E-state index contributed by atoms with van der Waals surface area (Å²) in [5.74, 6) is 1.05. The third-order valence-electron chi connectivity index (χ3n) is 3.04. The topological polar surface area (TPSA) is 16.1 Å². The quantitative estimate of drug-likeness (QED) is 0.802. The van der Waals surface area contributed by atoms with Gasteiger partial charge in [0.15, 0.2) is 0 Å². The summed E-state index contributed by atoms with van der Waals surface area (Å²) >= 11 is 3.50. The van der Waals surface area contributed by atoms with E-state index in [0.717, 1.165) is 35.5 Å². The van der Waals surface area contributed by atoms with E-state index in [9.17, 15) is 0 Å². The van der Waals surface area contributed by atoms with Gasteiger partial charge in [-0.2, -0.15) is 0 Å². The molecule has 100 valence electrons. The van der Waals surface area contributed by atoms with Crippen molar-refractivity contribution in [3.8, 4) is 0 Å². The Labute approximate surface area is 123 Å². The number of hydrogen-bond donors (Lipinski definition) is 0. The minimum atomic E-state index is 0.906. The van der Waals surface area contributed by atoms with Gasteiger partial charge in [-0.25, -0.2) is 4.98 Å². The Morgan fingerprint density at radius 1 is 1.11 bits per heavy atom. The van der Waals surface area contributed by atoms with Gasteiger partial charge in [-0.3, -0.25) is 0 Å². The molecule has 0 fully saturated rings. The van der Waals surface area contributed by atoms with Gasteiger partial charge in [-0.1, -0.05) is 37.3 Å². The number of pyridine rings is 1. The lowest BCUT2D eigenvalue weighted by molar-refractivity contribution is 0.752. The van der Waals surface area contributed by atoms with Crippen LogP contribution in [-0.4, -0.2) is 11.5 Å². The predicted octanol–water partition coefficient (Wildman–Crippen LogP) is 4.57. The van der Waals surface area contributed by atoms with E-state index >= 15 is 0 Å². The number of rotatable bonds is 5. The highest BCUT2D eigenvalue weighted by molar-refractivity contribution is 9.10. The van der Waals surface area contributed by atoms with Crippen LogP contribution in [0.5, 0.6) is 0 Å². The second-order valence-electron chi connectivity index (χ2n) is 4.64. The maximum absolute atomic E-state index is 4.67. The summed E-state index contributed by atoms with van der Waals surface area (Å²) in [5, 5.41) is 0. The van der Waals surface area contributed by atoms with Crippen LogP contribution in [0.25, 0.3) is 0 Å². The molecule has 0 aliphatic rings. The molecule has 0 atom stereocenters. The van der Waals surface area contributed by atoms with Gasteiger partial charge in [0.05, 0.1) is 5.69 Å². The third-order valence-corrected chi connectivity index (χ3v) is 3.88. The van der Waals surface area contributed by atoms with Crippen LogP contribution >= 0.6 is 15.9 Å². The highest BCUT2D eigenvalue weighted by Gasteiger charge is 2.09. The second kappa shape index (κ2) is 6.71. The summed E-state index contributed by atoms with van der Waals surface area (Å²) in [4.78, 5) is 7.00. The van der Waals surface area contributed by atoms with Crippen molar-refractivity contribution in [1.29, 1.82) is 0 Å². The SMILES string of the molecule is CCCN(Cc1ccccc1)c1ccc(Br)c(C)n1. The third kappa shape index (κ3) is 3.80. The molecule has 0 unspecified atom stereocenters. The normalized spacial score (nSPS) is 10.5. The van der Waals surface area contributed by atoms with E-state index in [2.05, 4.69) is 75.2 Å². The minimum Gasteiger partial charge on any atom is -0.352 e. The zero-order chi connectivity index (χ0) is 13.7. The molecule has 1 aromatic heterocycles. The van der Waals surface area contributed by atoms with Gasteiger partial charge in [0.2, 0.25) is 0 Å². The molecule has 2 rings (SSSR count). The van der Waals surface area contributed by atoms with Gasteiger partial charge in [0.1, 0.15) is 5.82 Å². The lowest BCUT2D eigenvalue weighted by atomic mass is 10.2. The van der Waals surface area contributed by atoms with Gasteiger partial charge in [-0.05, 0) is 47.0 Å². The van der Waals surface area contributed by atoms with Crippen molar-refractivity contribution in [2.24, 2.45) is 0 Å². The molecule has 1 heterocycles. The molecule has 1 aromatic carbocycles. The maximum atomic E-state index is 4.67. The fraction of sp³-hybridized carbons (Fsp3) is 0.312. The first kappa shape index (κ1) is 14.1. The van der Waals surface area contributed by atoms with Crippen molar-refractivity contribution in [2.45, 2.75) is 26.8 Å². The van der Waals surface area contributed by atoms with E-state index in [0.29, 0.717) is 0 Å². The first-order valence-corrected chi connectivity index (χ1v) is 7.42. The summed E-state index contributed by atoms with van der Waals surface area (Å²) in [6, 6.07) is 14.7. The van der Waals surface area contributed by atoms with Gasteiger partial charge in [0.25, 0.3) is 0 Å². The molecule has 0 radical (unpaired) electrons. The van der Waals surface area contributed by atoms with E-state index in [1.807, 2.05) is 6.92 Å². The molecule has 0 saturated heterocycles. The van der Waals surface area contributed by atoms with E-state index in [4.69, 9.17) is 0 Å². The number of benzene rings is 1. The summed E-state index contributed by atoms with van der Waals surface area (Å²) in [5.41, 5.74) is 2.35. The van der Waals surface area contributed by atoms with E-state index in [-0.39, 0.29) is 0 Å². The van der Waals surface area contributed by atoms with Crippen molar-refractivity contribution in [2.75, 3.05) is 11.4 Å². The lowest BCUT2D eigenvalue weighted by Crippen LogP contribution is -2.24. The molecule has 0 aliphatic heterocycles. The Morgan fingerprint density at radius 3 is 2.47 bits per heavy atom. The highest BCUT2D eigenvalue weighted by Crippen LogP contribution is 2.20. The Kier molecular flexibility index (Phi) is 4.97. The van der Waals surface area contributed by atoms with E-state index < -0.39 is 0 Å². The Morgan fingerprint density at radius 2 is 1.84 bits per heavy atom. The van der Waals surface area contributed by atoms with Crippen LogP contribution in [0.1, 0.15) is 24.6 Å². The lowest BCUT2D eigenvalue weighted by Gasteiger charge is -2.24. The molecule has 0 saturated carbocycles. The fourth-order valence-electron chi connectivity index (χ4n) is 2.06. The molecule has 3 heteroatoms. The van der Waals surface area contributed by atoms with Crippen LogP contribution in [0.3, 0.4) is 0 Å². The average molecular weight is 319 g/mol. The predicted molar refractivity (Wildman–Crippen MR) is 84.5 cm³/mol. The summed E-state index contributed by atoms with van der Waals surface area (Å²) < 4.78 is 1.06. The first-order valence-electron chi connectivity index (χ1n) is 6.62. The summed E-state index contributed by atoms with van der Waals surface area (Å²) in [6.45, 7) is 6.15. The van der Waals surface area contributed by atoms with Crippen molar-refractivity contribution in [1.82, 2.24) is 4.98 Å². The number of nitrogens with zero attached hydrogens (tertiary/aromatic N) is 2. The van der Waals surface area contributed by atoms with E-state index in [1.54, 1.807) is 0 Å². The van der Waals surface area contributed by atoms with Crippen LogP contribution < -0.4 is 4.90 Å². The highest BCUT2D eigenvalue weighted by atomic mass is 79.9. The summed E-state index contributed by atoms with van der Waals surface area (Å²) in [7, 11) is 0. The largest absolute Gasteiger partial charge is 0.352 e. The number of hydrogen-bond acceptors (Lipinski definition) is 2. The Balaban J connectivity index is 2.21. The number of aromatic nitrogens is 1. The van der Waals surface area contributed by atoms with Gasteiger partial charge in [0, 0.05) is 17.6 Å². The molecule has 0 aliphatic carbocycles. The zero-order valence-electron chi connectivity index (χ0n) is 11.4. The molecule has 2 aromatic rings. The minimum absolute atomic E-state index is 0.906. The number of anilines is 1. The Hall–Kier alpha value is -1.35. The van der Waals surface area contributed by atoms with Crippen LogP contribution in [0.4, 0.5) is 5.82 Å². The van der Waals surface area contributed by atoms with Crippen LogP contribution in [-0.2, 0) is 6.54 Å². The van der Waals surface area contributed by atoms with Crippen molar-refractivity contribution in [3.05, 3.63) is 58.2 Å². The zero-order valence-corrected chi connectivity index (χ0v) is 13.0. The molecule has 0 bridgehead atoms. The smallest absolute Gasteiger partial charge is 0.129 e. The first-order chi connectivity index (χ1) is 9.20. The van der Waals surface area contributed by atoms with Gasteiger partial charge in [-0.15, -0.1) is 0 Å². The number of aryl methyl sites for hydroxylation is 1. The summed E-state index contributed by atoms with van der Waals surface area (Å²) in [6.07, 6.45) is 1.11. The maximum Gasteiger partial charge on any atom is 0.129 e. The number of halogens is 1. The van der Waals surface area contributed by atoms with Gasteiger partial charge >= 0.3 is 0 Å². The Bertz CT molecular complexity index is 526. The van der Waals surface area contributed by atoms with Crippen LogP contribution in [0.2, 0.25) is 0 Å². The molecule has 0 spiro atoms. The van der Waals surface area contributed by atoms with Crippen molar-refractivity contribution < 1.29 is 0 Å². The van der Waals surface area contributed by atoms with Crippen LogP contribution in [0, 0.1) is 6.92 Å². The monoisotopic (exact) mass is 318 g/mol. The molecule has 19 heavy (non-hydrogen) atoms. The van der Waals surface area contributed by atoms with Crippen molar-refractivity contribution >= 4 is 21.7 Å². The fourth-order valence-corrected chi connectivity index (χ4v) is 2.28. The molecular weight excluding hydrogens is 300 g/mol. The van der Waals surface area contributed by atoms with E-state index in [1.165, 1.54) is 5.56 Å². The van der Waals surface area contributed by atoms with Crippen LogP contribution in [0.15, 0.2) is 46.9 Å².